The highest BCUT2D eigenvalue weighted by molar-refractivity contribution is 7.09. The summed E-state index contributed by atoms with van der Waals surface area (Å²) in [7, 11) is 0. The van der Waals surface area contributed by atoms with E-state index in [-0.39, 0.29) is 0 Å². The Morgan fingerprint density at radius 3 is 3.44 bits per heavy atom. The van der Waals surface area contributed by atoms with Gasteiger partial charge in [0.1, 0.15) is 10.8 Å². The first-order valence-electron chi connectivity index (χ1n) is 5.61. The molecule has 2 aromatic rings. The molecule has 0 saturated carbocycles. The molecule has 0 spiro atoms. The third-order valence-electron chi connectivity index (χ3n) is 3.04. The molecule has 0 fully saturated rings. The van der Waals surface area contributed by atoms with Crippen molar-refractivity contribution in [1.29, 1.82) is 0 Å². The summed E-state index contributed by atoms with van der Waals surface area (Å²) in [6.07, 6.45) is 7.13. The number of fused-ring (bicyclic) bond motifs is 1. The largest absolute Gasteiger partial charge is 0.469 e. The number of nitrogens with one attached hydrogen (secondary N) is 1. The van der Waals surface area contributed by atoms with Crippen LogP contribution in [0.15, 0.2) is 28.3 Å². The van der Waals surface area contributed by atoms with E-state index in [1.807, 2.05) is 11.6 Å². The molecule has 1 aliphatic rings. The van der Waals surface area contributed by atoms with E-state index in [1.54, 1.807) is 17.6 Å². The van der Waals surface area contributed by atoms with E-state index in [4.69, 9.17) is 4.42 Å². The third-order valence-corrected chi connectivity index (χ3v) is 3.81. The fourth-order valence-electron chi connectivity index (χ4n) is 2.25. The molecule has 0 bridgehead atoms. The van der Waals surface area contributed by atoms with Crippen molar-refractivity contribution in [3.63, 3.8) is 0 Å². The number of aryl methyl sites for hydroxylation is 1. The molecular formula is C12H14N2OS. The minimum Gasteiger partial charge on any atom is -0.469 e. The van der Waals surface area contributed by atoms with Gasteiger partial charge in [-0.1, -0.05) is 0 Å². The number of hydrogen-bond acceptors (Lipinski definition) is 4. The summed E-state index contributed by atoms with van der Waals surface area (Å²) in [4.78, 5) is 4.28. The average molecular weight is 234 g/mol. The van der Waals surface area contributed by atoms with Gasteiger partial charge in [0.2, 0.25) is 0 Å². The smallest absolute Gasteiger partial charge is 0.108 e. The lowest BCUT2D eigenvalue weighted by Crippen LogP contribution is -2.23. The summed E-state index contributed by atoms with van der Waals surface area (Å²) in [5, 5.41) is 6.72. The highest BCUT2D eigenvalue weighted by Crippen LogP contribution is 2.30. The quantitative estimate of drug-likeness (QED) is 0.887. The summed E-state index contributed by atoms with van der Waals surface area (Å²) in [6.45, 7) is 0.854. The van der Waals surface area contributed by atoms with E-state index in [1.165, 1.54) is 18.4 Å². The summed E-state index contributed by atoms with van der Waals surface area (Å²) in [5.41, 5.74) is 1.34. The monoisotopic (exact) mass is 234 g/mol. The van der Waals surface area contributed by atoms with Crippen LogP contribution in [-0.2, 0) is 13.0 Å². The van der Waals surface area contributed by atoms with Gasteiger partial charge in [-0.05, 0) is 18.9 Å². The molecule has 1 atom stereocenters. The van der Waals surface area contributed by atoms with E-state index in [9.17, 15) is 0 Å². The first-order chi connectivity index (χ1) is 7.93. The highest BCUT2D eigenvalue weighted by atomic mass is 32.1. The molecule has 0 saturated heterocycles. The first-order valence-corrected chi connectivity index (χ1v) is 6.49. The summed E-state index contributed by atoms with van der Waals surface area (Å²) in [5.74, 6) is 1.16. The van der Waals surface area contributed by atoms with E-state index < -0.39 is 0 Å². The lowest BCUT2D eigenvalue weighted by atomic mass is 9.93. The van der Waals surface area contributed by atoms with Crippen LogP contribution in [0.5, 0.6) is 0 Å². The molecule has 2 aromatic heterocycles. The Labute approximate surface area is 98.5 Å². The Morgan fingerprint density at radius 1 is 1.56 bits per heavy atom. The van der Waals surface area contributed by atoms with Crippen LogP contribution >= 0.6 is 11.3 Å². The maximum absolute atomic E-state index is 5.47. The van der Waals surface area contributed by atoms with Crippen LogP contribution in [0.25, 0.3) is 0 Å². The lowest BCUT2D eigenvalue weighted by molar-refractivity contribution is 0.410. The summed E-state index contributed by atoms with van der Waals surface area (Å²) < 4.78 is 5.47. The van der Waals surface area contributed by atoms with Crippen LogP contribution in [0.1, 0.15) is 35.2 Å². The zero-order valence-electron chi connectivity index (χ0n) is 8.98. The maximum Gasteiger partial charge on any atom is 0.108 e. The zero-order chi connectivity index (χ0) is 10.8. The van der Waals surface area contributed by atoms with E-state index in [0.717, 1.165) is 23.7 Å². The second kappa shape index (κ2) is 4.39. The van der Waals surface area contributed by atoms with Crippen LogP contribution in [-0.4, -0.2) is 4.98 Å². The average Bonchev–Trinajstić information content (AvgIpc) is 2.97. The lowest BCUT2D eigenvalue weighted by Gasteiger charge is -2.22. The van der Waals surface area contributed by atoms with Gasteiger partial charge in [0.25, 0.3) is 0 Å². The molecule has 2 heterocycles. The van der Waals surface area contributed by atoms with Crippen molar-refractivity contribution in [1.82, 2.24) is 10.3 Å². The number of hydrogen-bond donors (Lipinski definition) is 1. The van der Waals surface area contributed by atoms with Gasteiger partial charge in [-0.2, -0.15) is 0 Å². The van der Waals surface area contributed by atoms with Crippen molar-refractivity contribution in [2.45, 2.75) is 31.8 Å². The van der Waals surface area contributed by atoms with Gasteiger partial charge in [-0.15, -0.1) is 11.3 Å². The molecule has 1 N–H and O–H groups in total. The van der Waals surface area contributed by atoms with Crippen LogP contribution in [0, 0.1) is 0 Å². The molecule has 1 aliphatic carbocycles. The number of furan rings is 1. The second-order valence-corrected chi connectivity index (χ2v) is 5.03. The van der Waals surface area contributed by atoms with Crippen LogP contribution in [0.2, 0.25) is 0 Å². The van der Waals surface area contributed by atoms with Gasteiger partial charge in [-0.3, -0.25) is 0 Å². The van der Waals surface area contributed by atoms with Gasteiger partial charge in [-0.25, -0.2) is 4.98 Å². The molecule has 16 heavy (non-hydrogen) atoms. The standard InChI is InChI=1S/C12H14N2OS/c1-2-10(9-4-6-15-11(9)3-1)14-8-12-13-5-7-16-12/h4-7,10,14H,1-3,8H2. The van der Waals surface area contributed by atoms with Gasteiger partial charge in [0, 0.05) is 36.1 Å². The molecule has 4 heteroatoms. The summed E-state index contributed by atoms with van der Waals surface area (Å²) in [6, 6.07) is 2.53. The minimum atomic E-state index is 0.436. The van der Waals surface area contributed by atoms with Crippen molar-refractivity contribution in [3.8, 4) is 0 Å². The van der Waals surface area contributed by atoms with E-state index in [2.05, 4.69) is 16.4 Å². The molecule has 0 aromatic carbocycles. The molecule has 3 rings (SSSR count). The zero-order valence-corrected chi connectivity index (χ0v) is 9.80. The Balaban J connectivity index is 1.69. The van der Waals surface area contributed by atoms with Crippen molar-refractivity contribution >= 4 is 11.3 Å². The molecule has 84 valence electrons. The molecule has 3 nitrogen and oxygen atoms in total. The van der Waals surface area contributed by atoms with Crippen LogP contribution in [0.4, 0.5) is 0 Å². The Kier molecular flexibility index (Phi) is 2.76. The number of rotatable bonds is 3. The van der Waals surface area contributed by atoms with Crippen molar-refractivity contribution in [3.05, 3.63) is 40.2 Å². The second-order valence-electron chi connectivity index (χ2n) is 4.05. The predicted molar refractivity (Wildman–Crippen MR) is 63.3 cm³/mol. The van der Waals surface area contributed by atoms with Gasteiger partial charge >= 0.3 is 0 Å². The Bertz CT molecular complexity index is 449. The van der Waals surface area contributed by atoms with Crippen molar-refractivity contribution in [2.24, 2.45) is 0 Å². The van der Waals surface area contributed by atoms with E-state index >= 15 is 0 Å². The van der Waals surface area contributed by atoms with Crippen molar-refractivity contribution < 1.29 is 4.42 Å². The number of thiazole rings is 1. The van der Waals surface area contributed by atoms with Gasteiger partial charge in [0.05, 0.1) is 6.26 Å². The highest BCUT2D eigenvalue weighted by Gasteiger charge is 2.21. The fourth-order valence-corrected chi connectivity index (χ4v) is 2.82. The SMILES string of the molecule is c1csc(CNC2CCCc3occc32)n1. The molecule has 0 radical (unpaired) electrons. The molecular weight excluding hydrogens is 220 g/mol. The van der Waals surface area contributed by atoms with Crippen LogP contribution < -0.4 is 5.32 Å². The van der Waals surface area contributed by atoms with Crippen molar-refractivity contribution in [2.75, 3.05) is 0 Å². The topological polar surface area (TPSA) is 38.1 Å². The first kappa shape index (κ1) is 10.1. The van der Waals surface area contributed by atoms with E-state index in [0.29, 0.717) is 6.04 Å². The fraction of sp³-hybridized carbons (Fsp3) is 0.417. The molecule has 0 aliphatic heterocycles. The summed E-state index contributed by atoms with van der Waals surface area (Å²) >= 11 is 1.70. The Hall–Kier alpha value is -1.13. The minimum absolute atomic E-state index is 0.436. The van der Waals surface area contributed by atoms with Gasteiger partial charge in [0.15, 0.2) is 0 Å². The van der Waals surface area contributed by atoms with Gasteiger partial charge < -0.3 is 9.73 Å². The predicted octanol–water partition coefficient (Wildman–Crippen LogP) is 2.90. The van der Waals surface area contributed by atoms with Crippen LogP contribution in [0.3, 0.4) is 0 Å². The normalized spacial score (nSPS) is 19.6. The molecule has 1 unspecified atom stereocenters. The molecule has 0 amide bonds. The Morgan fingerprint density at radius 2 is 2.56 bits per heavy atom. The number of aromatic nitrogens is 1. The maximum atomic E-state index is 5.47. The number of nitrogens with zero attached hydrogens (tertiary/aromatic N) is 1. The third kappa shape index (κ3) is 1.90.